The summed E-state index contributed by atoms with van der Waals surface area (Å²) in [4.78, 5) is 41.5. The van der Waals surface area contributed by atoms with Crippen LogP contribution in [-0.4, -0.2) is 64.7 Å². The molecule has 0 saturated carbocycles. The van der Waals surface area contributed by atoms with Crippen molar-refractivity contribution in [1.82, 2.24) is 15.5 Å². The second kappa shape index (κ2) is 15.6. The van der Waals surface area contributed by atoms with Gasteiger partial charge in [-0.2, -0.15) is 11.8 Å². The Labute approximate surface area is 220 Å². The van der Waals surface area contributed by atoms with Crippen molar-refractivity contribution in [3.8, 4) is 5.75 Å². The molecule has 0 aromatic heterocycles. The van der Waals surface area contributed by atoms with Gasteiger partial charge in [0.05, 0.1) is 0 Å². The van der Waals surface area contributed by atoms with Gasteiger partial charge in [-0.15, -0.1) is 0 Å². The Hall–Kier alpha value is -2.42. The molecule has 3 N–H and O–H groups in total. The van der Waals surface area contributed by atoms with Crippen LogP contribution < -0.4 is 10.6 Å². The molecule has 1 rings (SSSR count). The average molecular weight is 524 g/mol. The molecule has 36 heavy (non-hydrogen) atoms. The number of carbonyl (C=O) groups excluding carboxylic acids is 3. The summed E-state index contributed by atoms with van der Waals surface area (Å²) < 4.78 is 5.40. The third-order valence-electron chi connectivity index (χ3n) is 5.52. The lowest BCUT2D eigenvalue weighted by Gasteiger charge is -2.34. The topological polar surface area (TPSA) is 108 Å². The van der Waals surface area contributed by atoms with Crippen LogP contribution in [0.15, 0.2) is 18.2 Å². The number of rotatable bonds is 14. The third-order valence-corrected chi connectivity index (χ3v) is 6.17. The number of ether oxygens (including phenoxy) is 1. The summed E-state index contributed by atoms with van der Waals surface area (Å²) in [5.41, 5.74) is 0.525. The van der Waals surface area contributed by atoms with Crippen LogP contribution in [0.2, 0.25) is 0 Å². The minimum Gasteiger partial charge on any atom is -0.508 e. The van der Waals surface area contributed by atoms with E-state index >= 15 is 0 Å². The number of aromatic hydroxyl groups is 1. The van der Waals surface area contributed by atoms with Gasteiger partial charge in [0.2, 0.25) is 11.8 Å². The molecule has 9 heteroatoms. The third kappa shape index (κ3) is 10.7. The zero-order chi connectivity index (χ0) is 27.3. The van der Waals surface area contributed by atoms with Crippen LogP contribution in [0.25, 0.3) is 0 Å². The number of hydrogen-bond acceptors (Lipinski definition) is 6. The van der Waals surface area contributed by atoms with Gasteiger partial charge < -0.3 is 25.4 Å². The molecule has 204 valence electrons. The molecule has 3 amide bonds. The number of unbranched alkanes of at least 4 members (excludes halogenated alkanes) is 2. The van der Waals surface area contributed by atoms with E-state index in [0.29, 0.717) is 42.8 Å². The summed E-state index contributed by atoms with van der Waals surface area (Å²) in [5.74, 6) is 0.159. The second-order valence-corrected chi connectivity index (χ2v) is 10.9. The zero-order valence-corrected chi connectivity index (χ0v) is 23.8. The summed E-state index contributed by atoms with van der Waals surface area (Å²) in [6.07, 6.45) is 5.18. The summed E-state index contributed by atoms with van der Waals surface area (Å²) >= 11 is 1.57. The maximum absolute atomic E-state index is 13.9. The molecule has 0 bridgehead atoms. The first-order valence-corrected chi connectivity index (χ1v) is 14.2. The molecule has 0 fully saturated rings. The summed E-state index contributed by atoms with van der Waals surface area (Å²) in [6, 6.07) is 3.22. The van der Waals surface area contributed by atoms with Gasteiger partial charge >= 0.3 is 6.09 Å². The first kappa shape index (κ1) is 31.6. The van der Waals surface area contributed by atoms with Gasteiger partial charge in [-0.3, -0.25) is 9.59 Å². The van der Waals surface area contributed by atoms with Crippen molar-refractivity contribution < 1.29 is 24.2 Å². The fourth-order valence-electron chi connectivity index (χ4n) is 3.76. The molecule has 0 spiro atoms. The monoisotopic (exact) mass is 523 g/mol. The van der Waals surface area contributed by atoms with E-state index in [-0.39, 0.29) is 17.6 Å². The summed E-state index contributed by atoms with van der Waals surface area (Å²) in [6.45, 7) is 11.9. The number of phenols is 1. The number of amides is 3. The largest absolute Gasteiger partial charge is 0.508 e. The van der Waals surface area contributed by atoms with Crippen molar-refractivity contribution in [2.75, 3.05) is 25.1 Å². The first-order chi connectivity index (χ1) is 16.9. The van der Waals surface area contributed by atoms with Gasteiger partial charge in [-0.1, -0.05) is 32.8 Å². The molecule has 0 aliphatic heterocycles. The van der Waals surface area contributed by atoms with Gasteiger partial charge in [0.25, 0.3) is 0 Å². The molecule has 0 heterocycles. The molecule has 2 unspecified atom stereocenters. The average Bonchev–Trinajstić information content (AvgIpc) is 2.79. The van der Waals surface area contributed by atoms with E-state index in [9.17, 15) is 19.5 Å². The minimum atomic E-state index is -0.893. The molecule has 0 radical (unpaired) electrons. The van der Waals surface area contributed by atoms with E-state index in [1.807, 2.05) is 13.2 Å². The van der Waals surface area contributed by atoms with E-state index in [4.69, 9.17) is 4.74 Å². The Morgan fingerprint density at radius 3 is 2.39 bits per heavy atom. The SMILES string of the molecule is CCCCCNC(=O)C(c1ccc(O)c(C)c1)N(CCC)C(=O)C(CCSC)NC(=O)OC(C)(C)C. The van der Waals surface area contributed by atoms with Gasteiger partial charge in [0.15, 0.2) is 0 Å². The number of thioether (sulfide) groups is 1. The van der Waals surface area contributed by atoms with Crippen LogP contribution >= 0.6 is 11.8 Å². The van der Waals surface area contributed by atoms with Crippen LogP contribution in [0.3, 0.4) is 0 Å². The van der Waals surface area contributed by atoms with Crippen LogP contribution in [0.1, 0.15) is 83.9 Å². The standard InChI is InChI=1S/C27H45N3O5S/c1-8-10-11-15-28-24(32)23(20-12-13-22(31)19(3)18-20)30(16-9-2)25(33)21(14-17-36-7)29-26(34)35-27(4,5)6/h12-13,18,21,23,31H,8-11,14-17H2,1-7H3,(H,28,32)(H,29,34). The predicted octanol–water partition coefficient (Wildman–Crippen LogP) is 4.93. The van der Waals surface area contributed by atoms with Crippen molar-refractivity contribution >= 4 is 29.7 Å². The van der Waals surface area contributed by atoms with Crippen molar-refractivity contribution in [3.63, 3.8) is 0 Å². The lowest BCUT2D eigenvalue weighted by molar-refractivity contribution is -0.142. The van der Waals surface area contributed by atoms with Crippen molar-refractivity contribution in [3.05, 3.63) is 29.3 Å². The van der Waals surface area contributed by atoms with Gasteiger partial charge in [-0.25, -0.2) is 4.79 Å². The Balaban J connectivity index is 3.37. The number of hydrogen-bond donors (Lipinski definition) is 3. The van der Waals surface area contributed by atoms with Gasteiger partial charge in [0.1, 0.15) is 23.4 Å². The molecule has 1 aromatic rings. The fourth-order valence-corrected chi connectivity index (χ4v) is 4.23. The maximum atomic E-state index is 13.9. The summed E-state index contributed by atoms with van der Waals surface area (Å²) in [5, 5.41) is 15.8. The number of nitrogens with one attached hydrogen (secondary N) is 2. The highest BCUT2D eigenvalue weighted by atomic mass is 32.2. The predicted molar refractivity (Wildman–Crippen MR) is 146 cm³/mol. The highest BCUT2D eigenvalue weighted by Gasteiger charge is 2.35. The van der Waals surface area contributed by atoms with Crippen molar-refractivity contribution in [1.29, 1.82) is 0 Å². The number of phenolic OH excluding ortho intramolecular Hbond substituents is 1. The smallest absolute Gasteiger partial charge is 0.408 e. The molecular formula is C27H45N3O5S. The summed E-state index contributed by atoms with van der Waals surface area (Å²) in [7, 11) is 0. The highest BCUT2D eigenvalue weighted by Crippen LogP contribution is 2.27. The first-order valence-electron chi connectivity index (χ1n) is 12.8. The number of carbonyl (C=O) groups is 3. The number of benzene rings is 1. The quantitative estimate of drug-likeness (QED) is 0.298. The van der Waals surface area contributed by atoms with Crippen LogP contribution in [0, 0.1) is 6.92 Å². The Morgan fingerprint density at radius 2 is 1.83 bits per heavy atom. The van der Waals surface area contributed by atoms with Crippen LogP contribution in [-0.2, 0) is 14.3 Å². The zero-order valence-electron chi connectivity index (χ0n) is 23.0. The normalized spacial score (nSPS) is 13.0. The Morgan fingerprint density at radius 1 is 1.14 bits per heavy atom. The second-order valence-electron chi connectivity index (χ2n) is 9.96. The highest BCUT2D eigenvalue weighted by molar-refractivity contribution is 7.98. The number of nitrogens with zero attached hydrogens (tertiary/aromatic N) is 1. The van der Waals surface area contributed by atoms with E-state index in [2.05, 4.69) is 17.6 Å². The van der Waals surface area contributed by atoms with E-state index < -0.39 is 23.8 Å². The van der Waals surface area contributed by atoms with Crippen LogP contribution in [0.5, 0.6) is 5.75 Å². The lowest BCUT2D eigenvalue weighted by Crippen LogP contribution is -2.53. The molecule has 2 atom stereocenters. The van der Waals surface area contributed by atoms with Crippen molar-refractivity contribution in [2.45, 2.75) is 91.3 Å². The van der Waals surface area contributed by atoms with E-state index in [1.165, 1.54) is 0 Å². The van der Waals surface area contributed by atoms with E-state index in [0.717, 1.165) is 19.3 Å². The maximum Gasteiger partial charge on any atom is 0.408 e. The fraction of sp³-hybridized carbons (Fsp3) is 0.667. The van der Waals surface area contributed by atoms with Gasteiger partial charge in [0, 0.05) is 13.1 Å². The Kier molecular flexibility index (Phi) is 13.7. The Bertz CT molecular complexity index is 856. The molecule has 0 saturated heterocycles. The number of aryl methyl sites for hydroxylation is 1. The molecule has 8 nitrogen and oxygen atoms in total. The van der Waals surface area contributed by atoms with E-state index in [1.54, 1.807) is 62.6 Å². The molecule has 1 aromatic carbocycles. The number of alkyl carbamates (subject to hydrolysis) is 1. The van der Waals surface area contributed by atoms with Crippen molar-refractivity contribution in [2.24, 2.45) is 0 Å². The molecule has 0 aliphatic rings. The van der Waals surface area contributed by atoms with Crippen LogP contribution in [0.4, 0.5) is 4.79 Å². The molecule has 0 aliphatic carbocycles. The minimum absolute atomic E-state index is 0.124. The van der Waals surface area contributed by atoms with Gasteiger partial charge in [-0.05, 0) is 82.2 Å². The molecular weight excluding hydrogens is 478 g/mol. The lowest BCUT2D eigenvalue weighted by atomic mass is 9.99.